The third kappa shape index (κ3) is 6.86. The highest BCUT2D eigenvalue weighted by Crippen LogP contribution is 2.39. The van der Waals surface area contributed by atoms with Crippen molar-refractivity contribution in [1.29, 1.82) is 0 Å². The van der Waals surface area contributed by atoms with E-state index in [1.807, 2.05) is 0 Å². The van der Waals surface area contributed by atoms with Gasteiger partial charge in [-0.2, -0.15) is 13.2 Å². The van der Waals surface area contributed by atoms with Gasteiger partial charge in [0.2, 0.25) is 0 Å². The van der Waals surface area contributed by atoms with Crippen LogP contribution in [-0.4, -0.2) is 39.4 Å². The van der Waals surface area contributed by atoms with Crippen molar-refractivity contribution in [2.24, 2.45) is 5.92 Å². The monoisotopic (exact) mass is 466 g/mol. The lowest BCUT2D eigenvalue weighted by Gasteiger charge is -2.22. The van der Waals surface area contributed by atoms with Gasteiger partial charge in [0.25, 0.3) is 0 Å². The number of hydrogen-bond donors (Lipinski definition) is 1. The molecule has 0 fully saturated rings. The van der Waals surface area contributed by atoms with Gasteiger partial charge in [-0.05, 0) is 36.8 Å². The molecule has 0 aliphatic carbocycles. The van der Waals surface area contributed by atoms with Crippen LogP contribution < -0.4 is 4.74 Å². The minimum atomic E-state index is -4.77. The molecular weight excluding hydrogens is 447 g/mol. The lowest BCUT2D eigenvalue weighted by atomic mass is 9.92. The second-order valence-electron chi connectivity index (χ2n) is 6.13. The number of aldehydes is 1. The topological polar surface area (TPSA) is 80.7 Å². The maximum atomic E-state index is 13.4. The highest BCUT2D eigenvalue weighted by molar-refractivity contribution is 7.90. The molecule has 2 aromatic carbocycles. The van der Waals surface area contributed by atoms with E-state index in [2.05, 4.69) is 0 Å². The first-order chi connectivity index (χ1) is 14.3. The van der Waals surface area contributed by atoms with E-state index >= 15 is 0 Å². The second-order valence-corrected chi connectivity index (χ2v) is 8.15. The van der Waals surface area contributed by atoms with E-state index in [4.69, 9.17) is 9.84 Å². The molecule has 0 heterocycles. The summed E-state index contributed by atoms with van der Waals surface area (Å²) in [5, 5.41) is 7.00. The predicted molar refractivity (Wildman–Crippen MR) is 103 cm³/mol. The molecule has 0 aliphatic heterocycles. The molecule has 1 unspecified atom stereocenters. The van der Waals surface area contributed by atoms with Crippen LogP contribution in [0.4, 0.5) is 22.0 Å². The van der Waals surface area contributed by atoms with Crippen LogP contribution in [0, 0.1) is 17.6 Å². The molecule has 0 spiro atoms. The van der Waals surface area contributed by atoms with Crippen LogP contribution in [0.1, 0.15) is 12.5 Å². The van der Waals surface area contributed by atoms with Crippen LogP contribution in [0.25, 0.3) is 5.57 Å². The van der Waals surface area contributed by atoms with Gasteiger partial charge in [-0.15, -0.1) is 0 Å². The fourth-order valence-corrected chi connectivity index (χ4v) is 3.09. The summed E-state index contributed by atoms with van der Waals surface area (Å²) in [6.45, 7) is 0.790. The number of halogens is 5. The van der Waals surface area contributed by atoms with E-state index in [0.29, 0.717) is 12.1 Å². The Morgan fingerprint density at radius 2 is 1.58 bits per heavy atom. The number of hydrogen-bond acceptors (Lipinski definition) is 5. The number of benzene rings is 2. The van der Waals surface area contributed by atoms with Crippen molar-refractivity contribution in [2.45, 2.75) is 18.0 Å². The molecule has 5 nitrogen and oxygen atoms in total. The number of aliphatic hydroxyl groups is 1. The van der Waals surface area contributed by atoms with E-state index in [0.717, 1.165) is 50.6 Å². The highest BCUT2D eigenvalue weighted by Gasteiger charge is 2.40. The Hall–Kier alpha value is -2.79. The first-order valence-corrected chi connectivity index (χ1v) is 10.4. The summed E-state index contributed by atoms with van der Waals surface area (Å²) in [6, 6.07) is 6.62. The summed E-state index contributed by atoms with van der Waals surface area (Å²) in [6.07, 6.45) is -3.82. The molecule has 0 radical (unpaired) electrons. The second kappa shape index (κ2) is 10.5. The Morgan fingerprint density at radius 1 is 1.03 bits per heavy atom. The number of allylic oxidation sites excluding steroid dienone is 2. The number of alkyl halides is 3. The van der Waals surface area contributed by atoms with Gasteiger partial charge < -0.3 is 9.84 Å². The zero-order valence-corrected chi connectivity index (χ0v) is 17.4. The van der Waals surface area contributed by atoms with Crippen LogP contribution in [0.15, 0.2) is 53.1 Å². The van der Waals surface area contributed by atoms with Crippen LogP contribution in [-0.2, 0) is 14.6 Å². The quantitative estimate of drug-likeness (QED) is 0.299. The predicted octanol–water partition coefficient (Wildman–Crippen LogP) is 4.16. The summed E-state index contributed by atoms with van der Waals surface area (Å²) >= 11 is 0. The Morgan fingerprint density at radius 3 is 2.00 bits per heavy atom. The SMILES string of the molecule is CC(/C(=C(\C=O)Oc1ccc(F)c(F)c1)c1ccc(S(C)(=O)=O)cc1)C(F)(F)F.CO. The van der Waals surface area contributed by atoms with Gasteiger partial charge in [0.15, 0.2) is 33.5 Å². The Kier molecular flexibility index (Phi) is 8.88. The molecule has 170 valence electrons. The largest absolute Gasteiger partial charge is 0.453 e. The molecule has 1 atom stereocenters. The van der Waals surface area contributed by atoms with Crippen LogP contribution >= 0.6 is 0 Å². The van der Waals surface area contributed by atoms with Gasteiger partial charge >= 0.3 is 6.18 Å². The summed E-state index contributed by atoms with van der Waals surface area (Å²) in [4.78, 5) is 11.4. The van der Waals surface area contributed by atoms with E-state index in [-0.39, 0.29) is 22.5 Å². The van der Waals surface area contributed by atoms with Crippen LogP contribution in [0.5, 0.6) is 5.75 Å². The first kappa shape index (κ1) is 26.2. The number of carbonyl (C=O) groups excluding carboxylic acids is 1. The van der Waals surface area contributed by atoms with Crippen molar-refractivity contribution in [3.63, 3.8) is 0 Å². The maximum absolute atomic E-state index is 13.4. The third-order valence-electron chi connectivity index (χ3n) is 4.01. The normalized spacial score (nSPS) is 13.5. The molecule has 0 aliphatic rings. The number of sulfone groups is 1. The lowest BCUT2D eigenvalue weighted by Crippen LogP contribution is -2.23. The molecule has 0 saturated carbocycles. The number of aliphatic hydroxyl groups excluding tert-OH is 1. The van der Waals surface area contributed by atoms with E-state index < -0.39 is 44.9 Å². The van der Waals surface area contributed by atoms with Crippen molar-refractivity contribution in [2.75, 3.05) is 13.4 Å². The fraction of sp³-hybridized carbons (Fsp3) is 0.250. The molecule has 11 heteroatoms. The van der Waals surface area contributed by atoms with Crippen molar-refractivity contribution in [1.82, 2.24) is 0 Å². The van der Waals surface area contributed by atoms with Gasteiger partial charge in [0.05, 0.1) is 10.8 Å². The molecule has 2 aromatic rings. The summed E-state index contributed by atoms with van der Waals surface area (Å²) in [5.74, 6) is -5.85. The van der Waals surface area contributed by atoms with Gasteiger partial charge in [0.1, 0.15) is 5.75 Å². The summed E-state index contributed by atoms with van der Waals surface area (Å²) < 4.78 is 94.8. The summed E-state index contributed by atoms with van der Waals surface area (Å²) in [7, 11) is -2.59. The van der Waals surface area contributed by atoms with Crippen molar-refractivity contribution >= 4 is 21.7 Å². The average Bonchev–Trinajstić information content (AvgIpc) is 2.70. The molecule has 0 amide bonds. The number of carbonyl (C=O) groups is 1. The van der Waals surface area contributed by atoms with Gasteiger partial charge in [-0.3, -0.25) is 4.79 Å². The fourth-order valence-electron chi connectivity index (χ4n) is 2.46. The molecule has 0 bridgehead atoms. The standard InChI is InChI=1S/C19H15F5O4S.CH4O/c1-11(19(22,23)24)18(12-3-6-14(7-4-12)29(2,26)27)17(10-25)28-13-5-8-15(20)16(21)9-13;1-2/h3-11H,1-2H3;2H,1H3/b18-17-;. The molecule has 1 N–H and O–H groups in total. The van der Waals surface area contributed by atoms with Gasteiger partial charge in [-0.25, -0.2) is 17.2 Å². The van der Waals surface area contributed by atoms with Gasteiger partial charge in [0, 0.05) is 25.0 Å². The van der Waals surface area contributed by atoms with Crippen molar-refractivity contribution in [3.8, 4) is 5.75 Å². The zero-order valence-electron chi connectivity index (χ0n) is 16.6. The number of rotatable bonds is 6. The highest BCUT2D eigenvalue weighted by atomic mass is 32.2. The maximum Gasteiger partial charge on any atom is 0.395 e. The van der Waals surface area contributed by atoms with Crippen molar-refractivity contribution in [3.05, 3.63) is 65.4 Å². The Balaban J connectivity index is 0.00000233. The number of ether oxygens (including phenoxy) is 1. The molecule has 0 aromatic heterocycles. The van der Waals surface area contributed by atoms with E-state index in [1.165, 1.54) is 0 Å². The minimum absolute atomic E-state index is 0.0172. The van der Waals surface area contributed by atoms with E-state index in [1.54, 1.807) is 0 Å². The molecule has 0 saturated heterocycles. The zero-order chi connectivity index (χ0) is 24.0. The van der Waals surface area contributed by atoms with E-state index in [9.17, 15) is 35.2 Å². The minimum Gasteiger partial charge on any atom is -0.453 e. The molecular formula is C20H19F5O5S. The summed E-state index contributed by atoms with van der Waals surface area (Å²) in [5.41, 5.74) is -0.704. The van der Waals surface area contributed by atoms with Crippen molar-refractivity contribution < 1.29 is 45.0 Å². The lowest BCUT2D eigenvalue weighted by molar-refractivity contribution is -0.153. The van der Waals surface area contributed by atoms with Crippen LogP contribution in [0.3, 0.4) is 0 Å². The Bertz CT molecular complexity index is 1040. The first-order valence-electron chi connectivity index (χ1n) is 8.48. The Labute approximate surface area is 175 Å². The van der Waals surface area contributed by atoms with Gasteiger partial charge in [-0.1, -0.05) is 12.1 Å². The molecule has 31 heavy (non-hydrogen) atoms. The third-order valence-corrected chi connectivity index (χ3v) is 5.14. The van der Waals surface area contributed by atoms with Crippen LogP contribution in [0.2, 0.25) is 0 Å². The smallest absolute Gasteiger partial charge is 0.395 e. The molecule has 2 rings (SSSR count). The average molecular weight is 466 g/mol.